The Morgan fingerprint density at radius 1 is 1.19 bits per heavy atom. The molecule has 1 amide bonds. The highest BCUT2D eigenvalue weighted by molar-refractivity contribution is 6.32. The van der Waals surface area contributed by atoms with Crippen LogP contribution in [0.5, 0.6) is 5.75 Å². The van der Waals surface area contributed by atoms with Crippen molar-refractivity contribution in [3.63, 3.8) is 0 Å². The molecule has 1 aromatic carbocycles. The Balaban J connectivity index is 2.52. The van der Waals surface area contributed by atoms with Crippen molar-refractivity contribution in [1.82, 2.24) is 0 Å². The summed E-state index contributed by atoms with van der Waals surface area (Å²) in [7, 11) is 0. The number of hydrogen-bond donors (Lipinski definition) is 1. The fourth-order valence-corrected chi connectivity index (χ4v) is 2.13. The van der Waals surface area contributed by atoms with E-state index >= 15 is 0 Å². The van der Waals surface area contributed by atoms with Crippen molar-refractivity contribution < 1.29 is 19.5 Å². The predicted octanol–water partition coefficient (Wildman–Crippen LogP) is 2.38. The first-order valence-corrected chi connectivity index (χ1v) is 6.47. The van der Waals surface area contributed by atoms with Crippen LogP contribution in [0.1, 0.15) is 13.8 Å². The van der Waals surface area contributed by atoms with Gasteiger partial charge in [-0.1, -0.05) is 11.6 Å². The van der Waals surface area contributed by atoms with Crippen LogP contribution in [0.2, 0.25) is 5.02 Å². The number of ketones is 2. The molecule has 0 aliphatic heterocycles. The summed E-state index contributed by atoms with van der Waals surface area (Å²) in [5, 5.41) is 9.46. The van der Waals surface area contributed by atoms with E-state index in [1.165, 1.54) is 38.1 Å². The number of hydrogen-bond acceptors (Lipinski definition) is 4. The number of benzene rings is 1. The second-order valence-corrected chi connectivity index (χ2v) is 4.98. The number of rotatable bonds is 2. The van der Waals surface area contributed by atoms with Gasteiger partial charge in [-0.2, -0.15) is 0 Å². The highest BCUT2D eigenvalue weighted by atomic mass is 35.5. The lowest BCUT2D eigenvalue weighted by Crippen LogP contribution is -2.33. The van der Waals surface area contributed by atoms with Crippen molar-refractivity contribution in [2.45, 2.75) is 13.8 Å². The molecule has 0 heterocycles. The van der Waals surface area contributed by atoms with E-state index < -0.39 is 11.7 Å². The Kier molecular flexibility index (Phi) is 3.95. The summed E-state index contributed by atoms with van der Waals surface area (Å²) in [6, 6.07) is 4.10. The molecule has 6 heteroatoms. The number of carbonyl (C=O) groups excluding carboxylic acids is 3. The van der Waals surface area contributed by atoms with Crippen molar-refractivity contribution in [2.75, 3.05) is 4.90 Å². The fourth-order valence-electron chi connectivity index (χ4n) is 1.95. The number of phenolic OH excluding ortho intramolecular Hbond substituents is 1. The van der Waals surface area contributed by atoms with E-state index in [4.69, 9.17) is 11.6 Å². The third kappa shape index (κ3) is 2.87. The molecule has 0 saturated heterocycles. The first-order valence-electron chi connectivity index (χ1n) is 6.09. The van der Waals surface area contributed by atoms with Crippen LogP contribution in [-0.4, -0.2) is 22.6 Å². The highest BCUT2D eigenvalue weighted by Gasteiger charge is 2.26. The van der Waals surface area contributed by atoms with Crippen LogP contribution in [-0.2, 0) is 14.4 Å². The lowest BCUT2D eigenvalue weighted by molar-refractivity contribution is -0.118. The molecule has 0 unspecified atom stereocenters. The van der Waals surface area contributed by atoms with Gasteiger partial charge in [-0.25, -0.2) is 0 Å². The molecule has 0 saturated carbocycles. The molecule has 5 nitrogen and oxygen atoms in total. The number of nitrogens with zero attached hydrogens (tertiary/aromatic N) is 1. The van der Waals surface area contributed by atoms with Gasteiger partial charge in [-0.05, 0) is 31.2 Å². The lowest BCUT2D eigenvalue weighted by atomic mass is 10.0. The van der Waals surface area contributed by atoms with E-state index in [0.717, 1.165) is 11.0 Å². The molecule has 0 fully saturated rings. The van der Waals surface area contributed by atoms with Gasteiger partial charge in [0.1, 0.15) is 11.4 Å². The van der Waals surface area contributed by atoms with E-state index in [-0.39, 0.29) is 22.3 Å². The Morgan fingerprint density at radius 3 is 2.43 bits per heavy atom. The molecule has 0 aromatic heterocycles. The van der Waals surface area contributed by atoms with Crippen LogP contribution in [0.15, 0.2) is 41.6 Å². The number of aromatic hydroxyl groups is 1. The number of anilines is 1. The average Bonchev–Trinajstić information content (AvgIpc) is 2.39. The van der Waals surface area contributed by atoms with Gasteiger partial charge < -0.3 is 5.11 Å². The van der Waals surface area contributed by atoms with Crippen molar-refractivity contribution in [3.8, 4) is 5.75 Å². The largest absolute Gasteiger partial charge is 0.506 e. The van der Waals surface area contributed by atoms with Gasteiger partial charge in [0.25, 0.3) is 0 Å². The number of amides is 1. The van der Waals surface area contributed by atoms with Gasteiger partial charge in [-0.3, -0.25) is 19.3 Å². The van der Waals surface area contributed by atoms with Crippen LogP contribution < -0.4 is 4.90 Å². The smallest absolute Gasteiger partial charge is 0.228 e. The van der Waals surface area contributed by atoms with Crippen molar-refractivity contribution in [3.05, 3.63) is 46.6 Å². The molecule has 0 radical (unpaired) electrons. The maximum absolute atomic E-state index is 12.0. The van der Waals surface area contributed by atoms with E-state index in [1.807, 2.05) is 0 Å². The second-order valence-electron chi connectivity index (χ2n) is 4.58. The zero-order chi connectivity index (χ0) is 15.7. The van der Waals surface area contributed by atoms with Gasteiger partial charge in [0, 0.05) is 18.6 Å². The summed E-state index contributed by atoms with van der Waals surface area (Å²) in [6.45, 7) is 2.80. The molecule has 2 rings (SSSR count). The molecule has 0 atom stereocenters. The maximum atomic E-state index is 12.0. The molecule has 1 aliphatic carbocycles. The van der Waals surface area contributed by atoms with Crippen molar-refractivity contribution >= 4 is 34.8 Å². The summed E-state index contributed by atoms with van der Waals surface area (Å²) in [6.07, 6.45) is 2.31. The molecular formula is C15H12ClNO4. The summed E-state index contributed by atoms with van der Waals surface area (Å²) in [5.74, 6) is -1.36. The third-order valence-electron chi connectivity index (χ3n) is 3.00. The maximum Gasteiger partial charge on any atom is 0.228 e. The molecule has 0 spiro atoms. The molecule has 1 aromatic rings. The molecule has 1 aliphatic rings. The monoisotopic (exact) mass is 305 g/mol. The zero-order valence-electron chi connectivity index (χ0n) is 11.4. The molecule has 1 N–H and O–H groups in total. The fraction of sp³-hybridized carbons (Fsp3) is 0.133. The normalized spacial score (nSPS) is 14.6. The third-order valence-corrected chi connectivity index (χ3v) is 3.30. The van der Waals surface area contributed by atoms with Crippen LogP contribution in [0.3, 0.4) is 0 Å². The van der Waals surface area contributed by atoms with E-state index in [0.29, 0.717) is 11.3 Å². The first kappa shape index (κ1) is 15.0. The predicted molar refractivity (Wildman–Crippen MR) is 78.1 cm³/mol. The molecule has 0 bridgehead atoms. The summed E-state index contributed by atoms with van der Waals surface area (Å²) in [5.41, 5.74) is 0.571. The Labute approximate surface area is 126 Å². The lowest BCUT2D eigenvalue weighted by Gasteiger charge is -2.24. The average molecular weight is 306 g/mol. The minimum atomic E-state index is -0.447. The quantitative estimate of drug-likeness (QED) is 0.851. The standard InChI is InChI=1S/C15H12ClNO4/c1-8-5-15(21)12(7-14(8)20)17(9(2)18)10-3-4-13(19)11(16)6-10/h3-7,19H,1-2H3. The second kappa shape index (κ2) is 5.54. The zero-order valence-corrected chi connectivity index (χ0v) is 12.1. The number of carbonyl (C=O) groups is 3. The minimum Gasteiger partial charge on any atom is -0.506 e. The molecule has 21 heavy (non-hydrogen) atoms. The van der Waals surface area contributed by atoms with E-state index in [9.17, 15) is 19.5 Å². The summed E-state index contributed by atoms with van der Waals surface area (Å²) >= 11 is 5.82. The van der Waals surface area contributed by atoms with Crippen LogP contribution in [0.4, 0.5) is 5.69 Å². The van der Waals surface area contributed by atoms with Crippen LogP contribution in [0, 0.1) is 0 Å². The summed E-state index contributed by atoms with van der Waals surface area (Å²) < 4.78 is 0. The Hall–Kier alpha value is -2.40. The van der Waals surface area contributed by atoms with Crippen LogP contribution >= 0.6 is 11.6 Å². The van der Waals surface area contributed by atoms with Gasteiger partial charge in [0.2, 0.25) is 11.7 Å². The SMILES string of the molecule is CC(=O)N(C1=CC(=O)C(C)=CC1=O)c1ccc(O)c(Cl)c1. The van der Waals surface area contributed by atoms with Gasteiger partial charge >= 0.3 is 0 Å². The van der Waals surface area contributed by atoms with Gasteiger partial charge in [0.05, 0.1) is 10.7 Å². The topological polar surface area (TPSA) is 74.7 Å². The van der Waals surface area contributed by atoms with E-state index in [2.05, 4.69) is 0 Å². The molecular weight excluding hydrogens is 294 g/mol. The number of allylic oxidation sites excluding steroid dienone is 3. The summed E-state index contributed by atoms with van der Waals surface area (Å²) in [4.78, 5) is 36.7. The van der Waals surface area contributed by atoms with Crippen molar-refractivity contribution in [1.29, 1.82) is 0 Å². The van der Waals surface area contributed by atoms with Gasteiger partial charge in [-0.15, -0.1) is 0 Å². The molecule has 108 valence electrons. The van der Waals surface area contributed by atoms with Gasteiger partial charge in [0.15, 0.2) is 5.78 Å². The number of phenols is 1. The Bertz CT molecular complexity index is 718. The van der Waals surface area contributed by atoms with Crippen molar-refractivity contribution in [2.24, 2.45) is 0 Å². The minimum absolute atomic E-state index is 0.0418. The van der Waals surface area contributed by atoms with E-state index in [1.54, 1.807) is 0 Å². The first-order chi connectivity index (χ1) is 9.81. The van der Waals surface area contributed by atoms with Crippen LogP contribution in [0.25, 0.3) is 0 Å². The highest BCUT2D eigenvalue weighted by Crippen LogP contribution is 2.31. The number of halogens is 1. The Morgan fingerprint density at radius 2 is 1.86 bits per heavy atom.